The third-order valence-electron chi connectivity index (χ3n) is 2.64. The lowest BCUT2D eigenvalue weighted by Crippen LogP contribution is -2.44. The summed E-state index contributed by atoms with van der Waals surface area (Å²) in [4.78, 5) is 13.6. The molecule has 0 bridgehead atoms. The van der Waals surface area contributed by atoms with E-state index >= 15 is 0 Å². The van der Waals surface area contributed by atoms with E-state index in [0.717, 1.165) is 19.4 Å². The second kappa shape index (κ2) is 3.90. The van der Waals surface area contributed by atoms with Gasteiger partial charge in [-0.1, -0.05) is 0 Å². The Balaban J connectivity index is 2.51. The molecule has 0 radical (unpaired) electrons. The minimum atomic E-state index is -0.0365. The maximum Gasteiger partial charge on any atom is 0.239 e. The SMILES string of the molecule is CN[C@@H](C)C(=O)N1CCC[C@H]1C. The molecule has 12 heavy (non-hydrogen) atoms. The van der Waals surface area contributed by atoms with Crippen LogP contribution < -0.4 is 5.32 Å². The van der Waals surface area contributed by atoms with Crippen LogP contribution in [0.25, 0.3) is 0 Å². The molecule has 1 N–H and O–H groups in total. The smallest absolute Gasteiger partial charge is 0.239 e. The Morgan fingerprint density at radius 3 is 2.75 bits per heavy atom. The average molecular weight is 170 g/mol. The van der Waals surface area contributed by atoms with Crippen molar-refractivity contribution in [3.8, 4) is 0 Å². The van der Waals surface area contributed by atoms with Crippen LogP contribution in [0.1, 0.15) is 26.7 Å². The summed E-state index contributed by atoms with van der Waals surface area (Å²) in [5, 5.41) is 2.97. The highest BCUT2D eigenvalue weighted by molar-refractivity contribution is 5.81. The van der Waals surface area contributed by atoms with Gasteiger partial charge < -0.3 is 10.2 Å². The van der Waals surface area contributed by atoms with E-state index in [1.807, 2.05) is 18.9 Å². The van der Waals surface area contributed by atoms with Crippen molar-refractivity contribution in [1.82, 2.24) is 10.2 Å². The number of likely N-dealkylation sites (tertiary alicyclic amines) is 1. The number of hydrogen-bond donors (Lipinski definition) is 1. The third kappa shape index (κ3) is 1.78. The van der Waals surface area contributed by atoms with Gasteiger partial charge in [-0.15, -0.1) is 0 Å². The summed E-state index contributed by atoms with van der Waals surface area (Å²) in [6.07, 6.45) is 2.31. The van der Waals surface area contributed by atoms with Crippen molar-refractivity contribution in [2.24, 2.45) is 0 Å². The lowest BCUT2D eigenvalue weighted by Gasteiger charge is -2.24. The fourth-order valence-corrected chi connectivity index (χ4v) is 1.63. The van der Waals surface area contributed by atoms with E-state index in [4.69, 9.17) is 0 Å². The monoisotopic (exact) mass is 170 g/mol. The summed E-state index contributed by atoms with van der Waals surface area (Å²) >= 11 is 0. The number of likely N-dealkylation sites (N-methyl/N-ethyl adjacent to an activating group) is 1. The molecule has 0 saturated carbocycles. The van der Waals surface area contributed by atoms with Crippen molar-refractivity contribution in [2.75, 3.05) is 13.6 Å². The molecule has 0 unspecified atom stereocenters. The van der Waals surface area contributed by atoms with E-state index in [1.54, 1.807) is 0 Å². The van der Waals surface area contributed by atoms with E-state index in [9.17, 15) is 4.79 Å². The van der Waals surface area contributed by atoms with Gasteiger partial charge in [-0.05, 0) is 33.7 Å². The lowest BCUT2D eigenvalue weighted by atomic mass is 10.2. The van der Waals surface area contributed by atoms with Crippen LogP contribution in [-0.4, -0.2) is 36.5 Å². The van der Waals surface area contributed by atoms with Gasteiger partial charge in [0.05, 0.1) is 6.04 Å². The van der Waals surface area contributed by atoms with Crippen molar-refractivity contribution in [3.63, 3.8) is 0 Å². The molecule has 1 saturated heterocycles. The third-order valence-corrected chi connectivity index (χ3v) is 2.64. The summed E-state index contributed by atoms with van der Waals surface area (Å²) < 4.78 is 0. The Bertz CT molecular complexity index is 170. The quantitative estimate of drug-likeness (QED) is 0.658. The molecule has 0 aromatic rings. The van der Waals surface area contributed by atoms with E-state index < -0.39 is 0 Å². The molecule has 1 fully saturated rings. The predicted molar refractivity (Wildman–Crippen MR) is 48.9 cm³/mol. The largest absolute Gasteiger partial charge is 0.339 e. The van der Waals surface area contributed by atoms with Gasteiger partial charge in [-0.3, -0.25) is 4.79 Å². The number of carbonyl (C=O) groups excluding carboxylic acids is 1. The fraction of sp³-hybridized carbons (Fsp3) is 0.889. The minimum Gasteiger partial charge on any atom is -0.339 e. The van der Waals surface area contributed by atoms with E-state index in [-0.39, 0.29) is 11.9 Å². The highest BCUT2D eigenvalue weighted by atomic mass is 16.2. The maximum atomic E-state index is 11.7. The summed E-state index contributed by atoms with van der Waals surface area (Å²) in [5.41, 5.74) is 0. The minimum absolute atomic E-state index is 0.0365. The summed E-state index contributed by atoms with van der Waals surface area (Å²) in [5.74, 6) is 0.238. The van der Waals surface area contributed by atoms with Crippen LogP contribution in [0.4, 0.5) is 0 Å². The molecule has 1 heterocycles. The standard InChI is InChI=1S/C9H18N2O/c1-7-5-4-6-11(7)9(12)8(2)10-3/h7-8,10H,4-6H2,1-3H3/t7-,8+/m1/s1. The maximum absolute atomic E-state index is 11.7. The Hall–Kier alpha value is -0.570. The summed E-state index contributed by atoms with van der Waals surface area (Å²) in [7, 11) is 1.82. The van der Waals surface area contributed by atoms with Gasteiger partial charge >= 0.3 is 0 Å². The molecule has 1 rings (SSSR count). The van der Waals surface area contributed by atoms with Crippen LogP contribution in [0.5, 0.6) is 0 Å². The highest BCUT2D eigenvalue weighted by Crippen LogP contribution is 2.16. The second-order valence-corrected chi connectivity index (χ2v) is 3.53. The molecule has 0 spiro atoms. The number of hydrogen-bond acceptors (Lipinski definition) is 2. The van der Waals surface area contributed by atoms with Crippen LogP contribution >= 0.6 is 0 Å². The molecule has 3 nitrogen and oxygen atoms in total. The zero-order valence-corrected chi connectivity index (χ0v) is 8.13. The van der Waals surface area contributed by atoms with E-state index in [0.29, 0.717) is 6.04 Å². The first-order valence-electron chi connectivity index (χ1n) is 4.64. The van der Waals surface area contributed by atoms with Gasteiger partial charge in [-0.2, -0.15) is 0 Å². The number of carbonyl (C=O) groups is 1. The van der Waals surface area contributed by atoms with Gasteiger partial charge in [0.2, 0.25) is 5.91 Å². The van der Waals surface area contributed by atoms with Crippen LogP contribution in [0.2, 0.25) is 0 Å². The Morgan fingerprint density at radius 2 is 2.33 bits per heavy atom. The van der Waals surface area contributed by atoms with Crippen molar-refractivity contribution < 1.29 is 4.79 Å². The molecule has 70 valence electrons. The first kappa shape index (κ1) is 9.52. The topological polar surface area (TPSA) is 32.3 Å². The van der Waals surface area contributed by atoms with Crippen LogP contribution in [0.3, 0.4) is 0 Å². The lowest BCUT2D eigenvalue weighted by molar-refractivity contribution is -0.133. The van der Waals surface area contributed by atoms with Crippen molar-refractivity contribution in [1.29, 1.82) is 0 Å². The summed E-state index contributed by atoms with van der Waals surface area (Å²) in [6.45, 7) is 4.96. The Kier molecular flexibility index (Phi) is 3.09. The summed E-state index contributed by atoms with van der Waals surface area (Å²) in [6, 6.07) is 0.402. The Labute approximate surface area is 74.1 Å². The molecular formula is C9H18N2O. The molecule has 0 aromatic heterocycles. The van der Waals surface area contributed by atoms with Crippen LogP contribution in [0, 0.1) is 0 Å². The number of amides is 1. The molecule has 0 aliphatic carbocycles. The van der Waals surface area contributed by atoms with Crippen LogP contribution in [-0.2, 0) is 4.79 Å². The van der Waals surface area contributed by atoms with Gasteiger partial charge in [0, 0.05) is 12.6 Å². The number of nitrogens with zero attached hydrogens (tertiary/aromatic N) is 1. The van der Waals surface area contributed by atoms with E-state index in [1.165, 1.54) is 0 Å². The zero-order valence-electron chi connectivity index (χ0n) is 8.13. The number of rotatable bonds is 2. The van der Waals surface area contributed by atoms with Gasteiger partial charge in [-0.25, -0.2) is 0 Å². The van der Waals surface area contributed by atoms with Gasteiger partial charge in [0.1, 0.15) is 0 Å². The molecule has 1 aliphatic heterocycles. The predicted octanol–water partition coefficient (Wildman–Crippen LogP) is 0.605. The normalized spacial score (nSPS) is 25.9. The molecule has 1 amide bonds. The average Bonchev–Trinajstić information content (AvgIpc) is 2.48. The highest BCUT2D eigenvalue weighted by Gasteiger charge is 2.27. The van der Waals surface area contributed by atoms with Crippen LogP contribution in [0.15, 0.2) is 0 Å². The first-order chi connectivity index (χ1) is 5.66. The Morgan fingerprint density at radius 1 is 1.67 bits per heavy atom. The van der Waals surface area contributed by atoms with Crippen molar-refractivity contribution in [2.45, 2.75) is 38.8 Å². The first-order valence-corrected chi connectivity index (χ1v) is 4.64. The second-order valence-electron chi connectivity index (χ2n) is 3.53. The van der Waals surface area contributed by atoms with Gasteiger partial charge in [0.15, 0.2) is 0 Å². The zero-order chi connectivity index (χ0) is 9.14. The van der Waals surface area contributed by atoms with Crippen molar-refractivity contribution in [3.05, 3.63) is 0 Å². The molecule has 1 aliphatic rings. The fourth-order valence-electron chi connectivity index (χ4n) is 1.63. The molecule has 2 atom stereocenters. The van der Waals surface area contributed by atoms with Gasteiger partial charge in [0.25, 0.3) is 0 Å². The molecule has 0 aromatic carbocycles. The van der Waals surface area contributed by atoms with E-state index in [2.05, 4.69) is 12.2 Å². The molecule has 3 heteroatoms. The molecular weight excluding hydrogens is 152 g/mol. The number of nitrogens with one attached hydrogen (secondary N) is 1. The van der Waals surface area contributed by atoms with Crippen molar-refractivity contribution >= 4 is 5.91 Å².